The van der Waals surface area contributed by atoms with E-state index in [-0.39, 0.29) is 5.28 Å². The van der Waals surface area contributed by atoms with E-state index in [4.69, 9.17) is 23.2 Å². The number of halogens is 2. The van der Waals surface area contributed by atoms with Crippen LogP contribution in [0.25, 0.3) is 5.95 Å². The molecule has 0 fully saturated rings. The normalized spacial score (nSPS) is 10.5. The molecule has 0 aliphatic heterocycles. The fourth-order valence-electron chi connectivity index (χ4n) is 1.58. The van der Waals surface area contributed by atoms with Crippen LogP contribution in [-0.4, -0.2) is 24.7 Å². The molecule has 0 amide bonds. The van der Waals surface area contributed by atoms with Gasteiger partial charge in [0.1, 0.15) is 0 Å². The highest BCUT2D eigenvalue weighted by atomic mass is 35.5. The summed E-state index contributed by atoms with van der Waals surface area (Å²) in [5, 5.41) is 7.75. The first-order valence-corrected chi connectivity index (χ1v) is 6.40. The number of rotatable bonds is 3. The molecule has 1 N–H and O–H groups in total. The van der Waals surface area contributed by atoms with Gasteiger partial charge in [-0.25, -0.2) is 4.68 Å². The zero-order valence-corrected chi connectivity index (χ0v) is 11.5. The van der Waals surface area contributed by atoms with Gasteiger partial charge in [-0.05, 0) is 35.9 Å². The fraction of sp³-hybridized carbons (Fsp3) is 0. The van der Waals surface area contributed by atoms with E-state index in [1.807, 2.05) is 12.1 Å². The molecule has 0 aliphatic carbocycles. The highest BCUT2D eigenvalue weighted by Gasteiger charge is 2.07. The first-order chi connectivity index (χ1) is 9.70. The standard InChI is InChI=1S/C12H8Cl2N6/c13-8-3-1-4-9(7-8)16-11-17-10(14)18-12(19-11)20-6-2-5-15-20/h1-7H,(H,16,17,18,19). The van der Waals surface area contributed by atoms with Gasteiger partial charge < -0.3 is 5.32 Å². The van der Waals surface area contributed by atoms with E-state index in [0.717, 1.165) is 5.69 Å². The third kappa shape index (κ3) is 2.87. The Bertz CT molecular complexity index is 729. The van der Waals surface area contributed by atoms with E-state index in [1.165, 1.54) is 4.68 Å². The Morgan fingerprint density at radius 2 is 1.95 bits per heavy atom. The van der Waals surface area contributed by atoms with Crippen molar-refractivity contribution in [3.8, 4) is 5.95 Å². The van der Waals surface area contributed by atoms with Crippen molar-refractivity contribution in [2.24, 2.45) is 0 Å². The Morgan fingerprint density at radius 1 is 1.05 bits per heavy atom. The van der Waals surface area contributed by atoms with Crippen molar-refractivity contribution in [2.45, 2.75) is 0 Å². The molecular formula is C12H8Cl2N6. The van der Waals surface area contributed by atoms with Gasteiger partial charge in [0.25, 0.3) is 5.95 Å². The second kappa shape index (κ2) is 5.44. The Hall–Kier alpha value is -2.18. The number of hydrogen-bond acceptors (Lipinski definition) is 5. The molecule has 6 nitrogen and oxygen atoms in total. The van der Waals surface area contributed by atoms with E-state index >= 15 is 0 Å². The highest BCUT2D eigenvalue weighted by Crippen LogP contribution is 2.19. The fourth-order valence-corrected chi connectivity index (χ4v) is 1.93. The second-order valence-corrected chi connectivity index (χ2v) is 4.59. The molecule has 100 valence electrons. The van der Waals surface area contributed by atoms with E-state index in [0.29, 0.717) is 16.9 Å². The molecule has 0 saturated carbocycles. The average Bonchev–Trinajstić information content (AvgIpc) is 2.91. The minimum Gasteiger partial charge on any atom is -0.324 e. The van der Waals surface area contributed by atoms with Crippen molar-refractivity contribution in [3.63, 3.8) is 0 Å². The lowest BCUT2D eigenvalue weighted by molar-refractivity contribution is 0.798. The van der Waals surface area contributed by atoms with Gasteiger partial charge in [0.05, 0.1) is 0 Å². The van der Waals surface area contributed by atoms with Gasteiger partial charge in [0.2, 0.25) is 11.2 Å². The number of nitrogens with one attached hydrogen (secondary N) is 1. The molecule has 3 aromatic rings. The number of nitrogens with zero attached hydrogens (tertiary/aromatic N) is 5. The van der Waals surface area contributed by atoms with E-state index < -0.39 is 0 Å². The van der Waals surface area contributed by atoms with Gasteiger partial charge in [-0.3, -0.25) is 0 Å². The van der Waals surface area contributed by atoms with Crippen LogP contribution in [0.2, 0.25) is 10.3 Å². The van der Waals surface area contributed by atoms with Gasteiger partial charge >= 0.3 is 0 Å². The summed E-state index contributed by atoms with van der Waals surface area (Å²) in [5.74, 6) is 0.650. The Morgan fingerprint density at radius 3 is 2.70 bits per heavy atom. The van der Waals surface area contributed by atoms with E-state index in [2.05, 4.69) is 25.4 Å². The van der Waals surface area contributed by atoms with Crippen molar-refractivity contribution in [3.05, 3.63) is 53.0 Å². The molecule has 20 heavy (non-hydrogen) atoms. The molecule has 3 rings (SSSR count). The van der Waals surface area contributed by atoms with Crippen LogP contribution in [0.3, 0.4) is 0 Å². The summed E-state index contributed by atoms with van der Waals surface area (Å²) in [6, 6.07) is 8.97. The van der Waals surface area contributed by atoms with Crippen molar-refractivity contribution in [1.82, 2.24) is 24.7 Å². The zero-order valence-electron chi connectivity index (χ0n) is 10.0. The number of hydrogen-bond donors (Lipinski definition) is 1. The summed E-state index contributed by atoms with van der Waals surface area (Å²) in [4.78, 5) is 12.3. The van der Waals surface area contributed by atoms with Crippen molar-refractivity contribution in [2.75, 3.05) is 5.32 Å². The summed E-state index contributed by atoms with van der Waals surface area (Å²) >= 11 is 11.8. The molecule has 0 bridgehead atoms. The van der Waals surface area contributed by atoms with Gasteiger partial charge in [0.15, 0.2) is 0 Å². The topological polar surface area (TPSA) is 68.5 Å². The molecule has 2 aromatic heterocycles. The number of aromatic nitrogens is 5. The third-order valence-corrected chi connectivity index (χ3v) is 2.79. The van der Waals surface area contributed by atoms with Gasteiger partial charge in [-0.1, -0.05) is 17.7 Å². The lowest BCUT2D eigenvalue weighted by atomic mass is 10.3. The predicted octanol–water partition coefficient (Wildman–Crippen LogP) is 3.11. The molecule has 1 aromatic carbocycles. The van der Waals surface area contributed by atoms with Crippen LogP contribution in [0.5, 0.6) is 0 Å². The van der Waals surface area contributed by atoms with Gasteiger partial charge in [-0.2, -0.15) is 20.1 Å². The summed E-state index contributed by atoms with van der Waals surface area (Å²) < 4.78 is 1.50. The van der Waals surface area contributed by atoms with E-state index in [1.54, 1.807) is 30.6 Å². The molecule has 0 saturated heterocycles. The molecule has 0 spiro atoms. The SMILES string of the molecule is Clc1cccc(Nc2nc(Cl)nc(-n3cccn3)n2)c1. The molecular weight excluding hydrogens is 299 g/mol. The zero-order chi connectivity index (χ0) is 13.9. The maximum absolute atomic E-state index is 5.92. The van der Waals surface area contributed by atoms with Crippen molar-refractivity contribution < 1.29 is 0 Å². The molecule has 8 heteroatoms. The lowest BCUT2D eigenvalue weighted by Crippen LogP contribution is -2.06. The minimum absolute atomic E-state index is 0.0787. The van der Waals surface area contributed by atoms with Crippen LogP contribution in [0, 0.1) is 0 Å². The average molecular weight is 307 g/mol. The summed E-state index contributed by atoms with van der Waals surface area (Å²) in [6.45, 7) is 0. The first kappa shape index (κ1) is 12.8. The van der Waals surface area contributed by atoms with Crippen molar-refractivity contribution in [1.29, 1.82) is 0 Å². The molecule has 0 radical (unpaired) electrons. The first-order valence-electron chi connectivity index (χ1n) is 5.65. The summed E-state index contributed by atoms with van der Waals surface area (Å²) in [7, 11) is 0. The molecule has 2 heterocycles. The monoisotopic (exact) mass is 306 g/mol. The summed E-state index contributed by atoms with van der Waals surface area (Å²) in [6.07, 6.45) is 3.34. The van der Waals surface area contributed by atoms with Crippen LogP contribution in [0.1, 0.15) is 0 Å². The Kier molecular flexibility index (Phi) is 3.49. The van der Waals surface area contributed by atoms with E-state index in [9.17, 15) is 0 Å². The second-order valence-electron chi connectivity index (χ2n) is 3.81. The van der Waals surface area contributed by atoms with Gasteiger partial charge in [0, 0.05) is 23.1 Å². The number of benzene rings is 1. The maximum Gasteiger partial charge on any atom is 0.256 e. The Balaban J connectivity index is 1.94. The van der Waals surface area contributed by atoms with Crippen LogP contribution in [0.15, 0.2) is 42.7 Å². The minimum atomic E-state index is 0.0787. The van der Waals surface area contributed by atoms with Crippen LogP contribution in [0.4, 0.5) is 11.6 Å². The largest absolute Gasteiger partial charge is 0.324 e. The lowest BCUT2D eigenvalue weighted by Gasteiger charge is -2.06. The van der Waals surface area contributed by atoms with Crippen LogP contribution < -0.4 is 5.32 Å². The molecule has 0 aliphatic rings. The van der Waals surface area contributed by atoms with Crippen molar-refractivity contribution >= 4 is 34.8 Å². The summed E-state index contributed by atoms with van der Waals surface area (Å²) in [5.41, 5.74) is 0.756. The van der Waals surface area contributed by atoms with Crippen LogP contribution in [-0.2, 0) is 0 Å². The molecule has 0 unspecified atom stereocenters. The maximum atomic E-state index is 5.92. The quantitative estimate of drug-likeness (QED) is 0.805. The molecule has 0 atom stereocenters. The Labute approximate surface area is 124 Å². The third-order valence-electron chi connectivity index (χ3n) is 2.39. The van der Waals surface area contributed by atoms with Crippen LogP contribution >= 0.6 is 23.2 Å². The number of anilines is 2. The highest BCUT2D eigenvalue weighted by molar-refractivity contribution is 6.30. The van der Waals surface area contributed by atoms with Gasteiger partial charge in [-0.15, -0.1) is 0 Å². The predicted molar refractivity (Wildman–Crippen MR) is 76.7 cm³/mol. The smallest absolute Gasteiger partial charge is 0.256 e.